The van der Waals surface area contributed by atoms with E-state index < -0.39 is 15.8 Å². The van der Waals surface area contributed by atoms with Crippen molar-refractivity contribution in [3.63, 3.8) is 0 Å². The molecule has 1 unspecified atom stereocenters. The Morgan fingerprint density at radius 1 is 1.11 bits per heavy atom. The highest BCUT2D eigenvalue weighted by molar-refractivity contribution is 7.89. The van der Waals surface area contributed by atoms with Gasteiger partial charge in [0, 0.05) is 25.2 Å². The van der Waals surface area contributed by atoms with Gasteiger partial charge in [-0.15, -0.1) is 12.4 Å². The van der Waals surface area contributed by atoms with Crippen molar-refractivity contribution < 1.29 is 17.6 Å². The number of halogens is 2. The van der Waals surface area contributed by atoms with E-state index in [0.29, 0.717) is 19.4 Å². The average Bonchev–Trinajstić information content (AvgIpc) is 2.64. The number of nitrogens with one attached hydrogen (secondary N) is 1. The van der Waals surface area contributed by atoms with Gasteiger partial charge in [0.1, 0.15) is 5.82 Å². The summed E-state index contributed by atoms with van der Waals surface area (Å²) in [4.78, 5) is 12.6. The van der Waals surface area contributed by atoms with E-state index >= 15 is 0 Å². The number of nitrogens with two attached hydrogens (primary N) is 1. The van der Waals surface area contributed by atoms with E-state index in [9.17, 15) is 17.6 Å². The largest absolute Gasteiger partial charge is 0.353 e. The van der Waals surface area contributed by atoms with Crippen LogP contribution in [0.3, 0.4) is 0 Å². The molecule has 0 aromatic heterocycles. The molecule has 152 valence electrons. The lowest BCUT2D eigenvalue weighted by Gasteiger charge is -2.33. The lowest BCUT2D eigenvalue weighted by atomic mass is 9.91. The molecule has 0 spiro atoms. The third kappa shape index (κ3) is 5.40. The van der Waals surface area contributed by atoms with Crippen LogP contribution in [0.2, 0.25) is 0 Å². The zero-order valence-corrected chi connectivity index (χ0v) is 16.8. The topological polar surface area (TPSA) is 92.5 Å². The molecule has 1 atom stereocenters. The number of sulfonamides is 1. The van der Waals surface area contributed by atoms with Crippen LogP contribution in [0, 0.1) is 11.7 Å². The van der Waals surface area contributed by atoms with Crippen molar-refractivity contribution in [1.29, 1.82) is 0 Å². The fraction of sp³-hybridized carbons (Fsp3) is 0.611. The standard InChI is InChI=1S/C18H26FN3O3S.ClH/c19-14-3-9-17(10-4-14)26(24,25)22-11-1-2-13(12-22)18(23)21-16-7-5-15(20)6-8-16;/h3-4,9-10,13,15-16H,1-2,5-8,11-12,20H2,(H,21,23);1H. The van der Waals surface area contributed by atoms with Crippen molar-refractivity contribution in [2.75, 3.05) is 13.1 Å². The molecule has 2 aliphatic rings. The molecule has 2 fully saturated rings. The maximum atomic E-state index is 13.1. The smallest absolute Gasteiger partial charge is 0.243 e. The normalized spacial score (nSPS) is 26.8. The molecule has 9 heteroatoms. The molecule has 27 heavy (non-hydrogen) atoms. The summed E-state index contributed by atoms with van der Waals surface area (Å²) in [5, 5.41) is 3.06. The second-order valence-electron chi connectivity index (χ2n) is 7.28. The molecular weight excluding hydrogens is 393 g/mol. The summed E-state index contributed by atoms with van der Waals surface area (Å²) in [6.45, 7) is 0.541. The highest BCUT2D eigenvalue weighted by Gasteiger charge is 2.34. The maximum absolute atomic E-state index is 13.1. The molecular formula is C18H27ClFN3O3S. The van der Waals surface area contributed by atoms with Gasteiger partial charge in [-0.1, -0.05) is 0 Å². The third-order valence-electron chi connectivity index (χ3n) is 5.32. The molecule has 1 aromatic carbocycles. The summed E-state index contributed by atoms with van der Waals surface area (Å²) in [6.07, 6.45) is 4.86. The Labute approximate surface area is 166 Å². The van der Waals surface area contributed by atoms with E-state index in [1.165, 1.54) is 16.4 Å². The van der Waals surface area contributed by atoms with Gasteiger partial charge in [-0.2, -0.15) is 4.31 Å². The number of benzene rings is 1. The second-order valence-corrected chi connectivity index (χ2v) is 9.21. The van der Waals surface area contributed by atoms with Crippen molar-refractivity contribution in [1.82, 2.24) is 9.62 Å². The Bertz CT molecular complexity index is 737. The van der Waals surface area contributed by atoms with E-state index in [1.54, 1.807) is 0 Å². The molecule has 1 aromatic rings. The van der Waals surface area contributed by atoms with Gasteiger partial charge in [-0.3, -0.25) is 4.79 Å². The van der Waals surface area contributed by atoms with Crippen LogP contribution >= 0.6 is 12.4 Å². The van der Waals surface area contributed by atoms with Gasteiger partial charge in [0.2, 0.25) is 15.9 Å². The quantitative estimate of drug-likeness (QED) is 0.781. The first-order valence-corrected chi connectivity index (χ1v) is 10.6. The average molecular weight is 420 g/mol. The minimum absolute atomic E-state index is 0. The minimum Gasteiger partial charge on any atom is -0.353 e. The zero-order valence-electron chi connectivity index (χ0n) is 15.1. The van der Waals surface area contributed by atoms with Crippen molar-refractivity contribution in [2.24, 2.45) is 11.7 Å². The Balaban J connectivity index is 0.00000261. The molecule has 0 bridgehead atoms. The monoisotopic (exact) mass is 419 g/mol. The van der Waals surface area contributed by atoms with Gasteiger partial charge in [0.05, 0.1) is 10.8 Å². The number of hydrogen-bond donors (Lipinski definition) is 2. The number of piperidine rings is 1. The summed E-state index contributed by atoms with van der Waals surface area (Å²) in [6, 6.07) is 5.14. The Morgan fingerprint density at radius 2 is 1.74 bits per heavy atom. The molecule has 6 nitrogen and oxygen atoms in total. The highest BCUT2D eigenvalue weighted by atomic mass is 35.5. The van der Waals surface area contributed by atoms with Crippen molar-refractivity contribution in [2.45, 2.75) is 55.5 Å². The van der Waals surface area contributed by atoms with Crippen molar-refractivity contribution in [3.05, 3.63) is 30.1 Å². The molecule has 1 aliphatic heterocycles. The van der Waals surface area contributed by atoms with Gasteiger partial charge in [-0.25, -0.2) is 12.8 Å². The van der Waals surface area contributed by atoms with Gasteiger partial charge in [0.15, 0.2) is 0 Å². The summed E-state index contributed by atoms with van der Waals surface area (Å²) in [5.41, 5.74) is 5.89. The van der Waals surface area contributed by atoms with Crippen molar-refractivity contribution >= 4 is 28.3 Å². The van der Waals surface area contributed by atoms with Gasteiger partial charge >= 0.3 is 0 Å². The van der Waals surface area contributed by atoms with Crippen LogP contribution in [0.4, 0.5) is 4.39 Å². The zero-order chi connectivity index (χ0) is 18.7. The molecule has 0 radical (unpaired) electrons. The number of carbonyl (C=O) groups excluding carboxylic acids is 1. The lowest BCUT2D eigenvalue weighted by Crippen LogP contribution is -2.48. The SMILES string of the molecule is Cl.NC1CCC(NC(=O)C2CCCN(S(=O)(=O)c3ccc(F)cc3)C2)CC1. The summed E-state index contributed by atoms with van der Waals surface area (Å²) in [5.74, 6) is -0.911. The van der Waals surface area contributed by atoms with E-state index in [0.717, 1.165) is 37.8 Å². The van der Waals surface area contributed by atoms with Crippen LogP contribution in [0.1, 0.15) is 38.5 Å². The van der Waals surface area contributed by atoms with Crippen LogP contribution in [-0.2, 0) is 14.8 Å². The maximum Gasteiger partial charge on any atom is 0.243 e. The van der Waals surface area contributed by atoms with Gasteiger partial charge < -0.3 is 11.1 Å². The second kappa shape index (κ2) is 9.32. The van der Waals surface area contributed by atoms with Gasteiger partial charge in [0.25, 0.3) is 0 Å². The molecule has 3 rings (SSSR count). The molecule has 3 N–H and O–H groups in total. The van der Waals surface area contributed by atoms with Crippen LogP contribution in [0.5, 0.6) is 0 Å². The molecule has 1 saturated carbocycles. The van der Waals surface area contributed by atoms with Gasteiger partial charge in [-0.05, 0) is 62.8 Å². The summed E-state index contributed by atoms with van der Waals surface area (Å²) in [7, 11) is -3.72. The van der Waals surface area contributed by atoms with Crippen LogP contribution < -0.4 is 11.1 Å². The summed E-state index contributed by atoms with van der Waals surface area (Å²) >= 11 is 0. The molecule has 1 heterocycles. The molecule has 1 aliphatic carbocycles. The van der Waals surface area contributed by atoms with E-state index in [-0.39, 0.29) is 47.8 Å². The Kier molecular flexibility index (Phi) is 7.62. The number of hydrogen-bond acceptors (Lipinski definition) is 4. The predicted octanol–water partition coefficient (Wildman–Crippen LogP) is 2.03. The van der Waals surface area contributed by atoms with E-state index in [2.05, 4.69) is 5.32 Å². The molecule has 1 amide bonds. The number of rotatable bonds is 4. The molecule has 1 saturated heterocycles. The van der Waals surface area contributed by atoms with Crippen LogP contribution in [0.25, 0.3) is 0 Å². The fourth-order valence-corrected chi connectivity index (χ4v) is 5.24. The number of amides is 1. The first kappa shape index (κ1) is 22.1. The minimum atomic E-state index is -3.72. The lowest BCUT2D eigenvalue weighted by molar-refractivity contribution is -0.127. The van der Waals surface area contributed by atoms with E-state index in [4.69, 9.17) is 5.73 Å². The van der Waals surface area contributed by atoms with Crippen LogP contribution in [-0.4, -0.2) is 43.8 Å². The third-order valence-corrected chi connectivity index (χ3v) is 7.20. The fourth-order valence-electron chi connectivity index (χ4n) is 3.71. The Morgan fingerprint density at radius 3 is 2.37 bits per heavy atom. The van der Waals surface area contributed by atoms with Crippen LogP contribution in [0.15, 0.2) is 29.2 Å². The summed E-state index contributed by atoms with van der Waals surface area (Å²) < 4.78 is 39.9. The Hall–Kier alpha value is -1.22. The highest BCUT2D eigenvalue weighted by Crippen LogP contribution is 2.25. The van der Waals surface area contributed by atoms with E-state index in [1.807, 2.05) is 0 Å². The predicted molar refractivity (Wildman–Crippen MR) is 104 cm³/mol. The number of nitrogens with zero attached hydrogens (tertiary/aromatic N) is 1. The number of carbonyl (C=O) groups is 1. The first-order valence-electron chi connectivity index (χ1n) is 9.18. The first-order chi connectivity index (χ1) is 12.4. The van der Waals surface area contributed by atoms with Crippen molar-refractivity contribution in [3.8, 4) is 0 Å².